The molecule has 100 valence electrons. The SMILES string of the molecule is Nc1cccc(Br)c1Cn1ncc(=O)c2ccccc21. The molecule has 5 heteroatoms. The van der Waals surface area contributed by atoms with Gasteiger partial charge in [-0.1, -0.05) is 34.1 Å². The Balaban J connectivity index is 2.17. The van der Waals surface area contributed by atoms with Gasteiger partial charge in [0.1, 0.15) is 0 Å². The molecule has 3 aromatic rings. The number of fused-ring (bicyclic) bond motifs is 1. The van der Waals surface area contributed by atoms with Gasteiger partial charge in [-0.2, -0.15) is 5.10 Å². The van der Waals surface area contributed by atoms with E-state index in [4.69, 9.17) is 5.73 Å². The van der Waals surface area contributed by atoms with Crippen molar-refractivity contribution in [3.63, 3.8) is 0 Å². The summed E-state index contributed by atoms with van der Waals surface area (Å²) in [6, 6.07) is 13.1. The number of rotatable bonds is 2. The lowest BCUT2D eigenvalue weighted by molar-refractivity contribution is 0.694. The van der Waals surface area contributed by atoms with Gasteiger partial charge in [0, 0.05) is 21.1 Å². The maximum Gasteiger partial charge on any atom is 0.207 e. The first-order chi connectivity index (χ1) is 9.66. The Morgan fingerprint density at radius 3 is 2.75 bits per heavy atom. The Morgan fingerprint density at radius 1 is 1.15 bits per heavy atom. The fourth-order valence-electron chi connectivity index (χ4n) is 2.18. The molecule has 2 N–H and O–H groups in total. The summed E-state index contributed by atoms with van der Waals surface area (Å²) in [5.41, 5.74) is 8.39. The summed E-state index contributed by atoms with van der Waals surface area (Å²) in [5.74, 6) is 0. The molecular formula is C15H12BrN3O. The van der Waals surface area contributed by atoms with Gasteiger partial charge in [0.05, 0.1) is 18.3 Å². The molecule has 3 rings (SSSR count). The number of nitrogens with two attached hydrogens (primary N) is 1. The van der Waals surface area contributed by atoms with Crippen LogP contribution >= 0.6 is 15.9 Å². The minimum absolute atomic E-state index is 0.0723. The van der Waals surface area contributed by atoms with Gasteiger partial charge >= 0.3 is 0 Å². The molecule has 0 atom stereocenters. The lowest BCUT2D eigenvalue weighted by atomic mass is 10.1. The zero-order chi connectivity index (χ0) is 14.1. The molecule has 0 saturated heterocycles. The summed E-state index contributed by atoms with van der Waals surface area (Å²) >= 11 is 3.50. The lowest BCUT2D eigenvalue weighted by Crippen LogP contribution is -2.14. The van der Waals surface area contributed by atoms with Gasteiger partial charge in [-0.3, -0.25) is 9.48 Å². The van der Waals surface area contributed by atoms with Crippen LogP contribution in [0.25, 0.3) is 10.9 Å². The smallest absolute Gasteiger partial charge is 0.207 e. The van der Waals surface area contributed by atoms with Gasteiger partial charge in [0.25, 0.3) is 0 Å². The highest BCUT2D eigenvalue weighted by atomic mass is 79.9. The molecule has 0 radical (unpaired) electrons. The second kappa shape index (κ2) is 5.09. The predicted octanol–water partition coefficient (Wildman–Crippen LogP) is 2.79. The van der Waals surface area contributed by atoms with Crippen LogP contribution in [0.1, 0.15) is 5.56 Å². The summed E-state index contributed by atoms with van der Waals surface area (Å²) in [7, 11) is 0. The molecule has 0 fully saturated rings. The van der Waals surface area contributed by atoms with Crippen LogP contribution in [0.4, 0.5) is 5.69 Å². The number of para-hydroxylation sites is 1. The Kier molecular flexibility index (Phi) is 3.28. The molecule has 0 bridgehead atoms. The van der Waals surface area contributed by atoms with Crippen molar-refractivity contribution in [3.8, 4) is 0 Å². The van der Waals surface area contributed by atoms with Gasteiger partial charge in [-0.05, 0) is 24.3 Å². The van der Waals surface area contributed by atoms with Crippen molar-refractivity contribution >= 4 is 32.5 Å². The van der Waals surface area contributed by atoms with E-state index in [-0.39, 0.29) is 5.43 Å². The van der Waals surface area contributed by atoms with E-state index in [1.165, 1.54) is 6.20 Å². The minimum Gasteiger partial charge on any atom is -0.398 e. The number of hydrogen-bond donors (Lipinski definition) is 1. The quantitative estimate of drug-likeness (QED) is 0.735. The molecule has 2 aromatic carbocycles. The first-order valence-electron chi connectivity index (χ1n) is 6.14. The first-order valence-corrected chi connectivity index (χ1v) is 6.94. The van der Waals surface area contributed by atoms with Crippen molar-refractivity contribution < 1.29 is 0 Å². The van der Waals surface area contributed by atoms with E-state index in [1.54, 1.807) is 10.7 Å². The maximum atomic E-state index is 11.8. The zero-order valence-electron chi connectivity index (χ0n) is 10.6. The van der Waals surface area contributed by atoms with E-state index in [0.29, 0.717) is 17.6 Å². The molecule has 0 amide bonds. The average molecular weight is 330 g/mol. The van der Waals surface area contributed by atoms with Crippen LogP contribution < -0.4 is 11.2 Å². The van der Waals surface area contributed by atoms with Gasteiger partial charge in [-0.15, -0.1) is 0 Å². The summed E-state index contributed by atoms with van der Waals surface area (Å²) in [5, 5.41) is 4.87. The van der Waals surface area contributed by atoms with Crippen LogP contribution in [0.2, 0.25) is 0 Å². The van der Waals surface area contributed by atoms with Crippen molar-refractivity contribution in [1.29, 1.82) is 0 Å². The summed E-state index contributed by atoms with van der Waals surface area (Å²) in [4.78, 5) is 11.8. The number of benzene rings is 2. The van der Waals surface area contributed by atoms with Crippen molar-refractivity contribution in [2.45, 2.75) is 6.54 Å². The highest BCUT2D eigenvalue weighted by molar-refractivity contribution is 9.10. The van der Waals surface area contributed by atoms with Crippen LogP contribution in [-0.2, 0) is 6.54 Å². The molecular weight excluding hydrogens is 318 g/mol. The number of nitrogens with zero attached hydrogens (tertiary/aromatic N) is 2. The van der Waals surface area contributed by atoms with E-state index in [0.717, 1.165) is 15.6 Å². The number of aromatic nitrogens is 2. The van der Waals surface area contributed by atoms with Gasteiger partial charge < -0.3 is 5.73 Å². The third kappa shape index (κ3) is 2.20. The molecule has 0 aliphatic rings. The van der Waals surface area contributed by atoms with Crippen LogP contribution in [0.15, 0.2) is 57.9 Å². The lowest BCUT2D eigenvalue weighted by Gasteiger charge is -2.12. The van der Waals surface area contributed by atoms with Crippen molar-refractivity contribution in [2.24, 2.45) is 0 Å². The van der Waals surface area contributed by atoms with E-state index in [2.05, 4.69) is 21.0 Å². The molecule has 0 unspecified atom stereocenters. The van der Waals surface area contributed by atoms with E-state index >= 15 is 0 Å². The second-order valence-corrected chi connectivity index (χ2v) is 5.35. The first kappa shape index (κ1) is 12.9. The molecule has 0 aliphatic carbocycles. The molecule has 0 saturated carbocycles. The molecule has 20 heavy (non-hydrogen) atoms. The van der Waals surface area contributed by atoms with Crippen molar-refractivity contribution in [1.82, 2.24) is 9.78 Å². The Bertz CT molecular complexity index is 822. The van der Waals surface area contributed by atoms with Gasteiger partial charge in [0.15, 0.2) is 0 Å². The standard InChI is InChI=1S/C15H12BrN3O/c16-12-5-3-6-13(17)11(12)9-19-14-7-2-1-4-10(14)15(20)8-18-19/h1-8H,9,17H2. The zero-order valence-corrected chi connectivity index (χ0v) is 12.2. The van der Waals surface area contributed by atoms with Crippen LogP contribution in [0.5, 0.6) is 0 Å². The summed E-state index contributed by atoms with van der Waals surface area (Å²) in [6.45, 7) is 0.508. The third-order valence-corrected chi connectivity index (χ3v) is 3.97. The predicted molar refractivity (Wildman–Crippen MR) is 83.7 cm³/mol. The topological polar surface area (TPSA) is 60.9 Å². The van der Waals surface area contributed by atoms with Crippen molar-refractivity contribution in [3.05, 3.63) is 68.9 Å². The fourth-order valence-corrected chi connectivity index (χ4v) is 2.69. The maximum absolute atomic E-state index is 11.8. The molecule has 0 aliphatic heterocycles. The Hall–Kier alpha value is -2.14. The van der Waals surface area contributed by atoms with E-state index in [1.807, 2.05) is 36.4 Å². The number of hydrogen-bond acceptors (Lipinski definition) is 3. The van der Waals surface area contributed by atoms with E-state index < -0.39 is 0 Å². The third-order valence-electron chi connectivity index (χ3n) is 3.22. The highest BCUT2D eigenvalue weighted by Crippen LogP contribution is 2.24. The minimum atomic E-state index is -0.0723. The van der Waals surface area contributed by atoms with Crippen LogP contribution in [-0.4, -0.2) is 9.78 Å². The number of halogens is 1. The highest BCUT2D eigenvalue weighted by Gasteiger charge is 2.08. The fraction of sp³-hybridized carbons (Fsp3) is 0.0667. The summed E-state index contributed by atoms with van der Waals surface area (Å²) < 4.78 is 2.72. The van der Waals surface area contributed by atoms with Crippen LogP contribution in [0.3, 0.4) is 0 Å². The Labute approximate surface area is 124 Å². The van der Waals surface area contributed by atoms with E-state index in [9.17, 15) is 4.79 Å². The van der Waals surface area contributed by atoms with Gasteiger partial charge in [-0.25, -0.2) is 0 Å². The monoisotopic (exact) mass is 329 g/mol. The summed E-state index contributed by atoms with van der Waals surface area (Å²) in [6.07, 6.45) is 1.34. The number of anilines is 1. The number of nitrogen functional groups attached to an aromatic ring is 1. The van der Waals surface area contributed by atoms with Gasteiger partial charge in [0.2, 0.25) is 5.43 Å². The second-order valence-electron chi connectivity index (χ2n) is 4.49. The molecule has 4 nitrogen and oxygen atoms in total. The van der Waals surface area contributed by atoms with Crippen LogP contribution in [0, 0.1) is 0 Å². The van der Waals surface area contributed by atoms with Crippen molar-refractivity contribution in [2.75, 3.05) is 5.73 Å². The average Bonchev–Trinajstić information content (AvgIpc) is 2.46. The largest absolute Gasteiger partial charge is 0.398 e. The normalized spacial score (nSPS) is 10.8. The Morgan fingerprint density at radius 2 is 1.95 bits per heavy atom. The molecule has 1 aromatic heterocycles. The molecule has 0 spiro atoms. The molecule has 1 heterocycles.